The zero-order chi connectivity index (χ0) is 15.0. The Morgan fingerprint density at radius 3 is 2.50 bits per heavy atom. The number of hydrogen-bond acceptors (Lipinski definition) is 5. The van der Waals surface area contributed by atoms with Crippen LogP contribution in [0, 0.1) is 0 Å². The number of esters is 2. The van der Waals surface area contributed by atoms with Crippen LogP contribution in [0.25, 0.3) is 0 Å². The molecule has 0 aromatic heterocycles. The number of rotatable bonds is 7. The molecule has 2 atom stereocenters. The molecule has 0 saturated carbocycles. The number of ether oxygens (including phenoxy) is 2. The van der Waals surface area contributed by atoms with Crippen molar-refractivity contribution in [2.24, 2.45) is 0 Å². The highest BCUT2D eigenvalue weighted by Crippen LogP contribution is 2.09. The first-order chi connectivity index (χ1) is 9.63. The number of nitrogens with one attached hydrogen (secondary N) is 1. The fraction of sp³-hybridized carbons (Fsp3) is 0.333. The van der Waals surface area contributed by atoms with Gasteiger partial charge in [-0.15, -0.1) is 0 Å². The molecule has 0 aliphatic carbocycles. The first kappa shape index (κ1) is 15.9. The Labute approximate surface area is 118 Å². The minimum Gasteiger partial charge on any atom is -0.465 e. The highest BCUT2D eigenvalue weighted by molar-refractivity contribution is 5.90. The molecule has 0 bridgehead atoms. The summed E-state index contributed by atoms with van der Waals surface area (Å²) in [5, 5.41) is 2.77. The van der Waals surface area contributed by atoms with Crippen LogP contribution in [-0.2, 0) is 14.3 Å². The molecule has 5 nitrogen and oxygen atoms in total. The van der Waals surface area contributed by atoms with Crippen molar-refractivity contribution >= 4 is 11.9 Å². The van der Waals surface area contributed by atoms with Crippen molar-refractivity contribution in [1.82, 2.24) is 5.32 Å². The summed E-state index contributed by atoms with van der Waals surface area (Å²) in [5.74, 6) is -0.999. The van der Waals surface area contributed by atoms with E-state index in [9.17, 15) is 9.59 Å². The summed E-state index contributed by atoms with van der Waals surface area (Å²) in [4.78, 5) is 23.7. The first-order valence-corrected chi connectivity index (χ1v) is 6.36. The van der Waals surface area contributed by atoms with Gasteiger partial charge in [0.25, 0.3) is 0 Å². The van der Waals surface area contributed by atoms with Gasteiger partial charge in [0.2, 0.25) is 0 Å². The summed E-state index contributed by atoms with van der Waals surface area (Å²) in [6.45, 7) is 5.56. The van der Waals surface area contributed by atoms with Crippen LogP contribution in [-0.4, -0.2) is 37.7 Å². The summed E-state index contributed by atoms with van der Waals surface area (Å²) in [5.41, 5.74) is 0.415. The normalized spacial score (nSPS) is 13.1. The molecule has 0 unspecified atom stereocenters. The van der Waals surface area contributed by atoms with Crippen LogP contribution < -0.4 is 5.32 Å². The van der Waals surface area contributed by atoms with Gasteiger partial charge in [-0.2, -0.15) is 0 Å². The molecule has 1 aromatic carbocycles. The van der Waals surface area contributed by atoms with Crippen LogP contribution in [0.1, 0.15) is 17.3 Å². The van der Waals surface area contributed by atoms with Gasteiger partial charge < -0.3 is 14.8 Å². The molecule has 0 aliphatic heterocycles. The minimum atomic E-state index is -0.799. The van der Waals surface area contributed by atoms with E-state index in [1.165, 1.54) is 6.08 Å². The fourth-order valence-electron chi connectivity index (χ4n) is 1.67. The molecule has 0 heterocycles. The number of benzene rings is 1. The summed E-state index contributed by atoms with van der Waals surface area (Å²) in [7, 11) is 1.59. The van der Waals surface area contributed by atoms with E-state index in [1.54, 1.807) is 44.3 Å². The van der Waals surface area contributed by atoms with Crippen molar-refractivity contribution in [3.05, 3.63) is 48.6 Å². The lowest BCUT2D eigenvalue weighted by Gasteiger charge is -2.22. The lowest BCUT2D eigenvalue weighted by Crippen LogP contribution is -2.46. The summed E-state index contributed by atoms with van der Waals surface area (Å²) >= 11 is 0. The number of hydrogen-bond donors (Lipinski definition) is 1. The summed E-state index contributed by atoms with van der Waals surface area (Å²) in [6.07, 6.45) is 0.602. The Hall–Kier alpha value is -2.14. The molecule has 0 radical (unpaired) electrons. The lowest BCUT2D eigenvalue weighted by molar-refractivity contribution is -0.147. The molecule has 1 aromatic rings. The quantitative estimate of drug-likeness (QED) is 0.605. The Morgan fingerprint density at radius 2 is 2.00 bits per heavy atom. The molecule has 1 N–H and O–H groups in total. The zero-order valence-corrected chi connectivity index (χ0v) is 11.7. The number of carbonyl (C=O) groups excluding carboxylic acids is 2. The zero-order valence-electron chi connectivity index (χ0n) is 11.7. The predicted molar refractivity (Wildman–Crippen MR) is 75.3 cm³/mol. The largest absolute Gasteiger partial charge is 0.465 e. The second-order valence-corrected chi connectivity index (χ2v) is 3.99. The molecule has 20 heavy (non-hydrogen) atoms. The predicted octanol–water partition coefficient (Wildman–Crippen LogP) is 1.55. The van der Waals surface area contributed by atoms with Gasteiger partial charge in [-0.3, -0.25) is 4.79 Å². The van der Waals surface area contributed by atoms with Gasteiger partial charge in [-0.1, -0.05) is 24.8 Å². The molecular formula is C15H19NO4. The van der Waals surface area contributed by atoms with E-state index in [1.807, 2.05) is 0 Å². The van der Waals surface area contributed by atoms with Crippen molar-refractivity contribution in [1.29, 1.82) is 0 Å². The van der Waals surface area contributed by atoms with E-state index in [0.29, 0.717) is 5.56 Å². The second-order valence-electron chi connectivity index (χ2n) is 3.99. The first-order valence-electron chi connectivity index (χ1n) is 6.36. The molecule has 0 fully saturated rings. The molecule has 0 amide bonds. The molecule has 0 spiro atoms. The topological polar surface area (TPSA) is 64.6 Å². The van der Waals surface area contributed by atoms with Crippen molar-refractivity contribution < 1.29 is 19.1 Å². The van der Waals surface area contributed by atoms with E-state index in [0.717, 1.165) is 0 Å². The SMILES string of the molecule is C=C[C@@H](OC(=O)c1ccccc1)[C@@H](NC)C(=O)OCC. The fourth-order valence-corrected chi connectivity index (χ4v) is 1.67. The van der Waals surface area contributed by atoms with E-state index in [4.69, 9.17) is 9.47 Å². The van der Waals surface area contributed by atoms with Crippen LogP contribution in [0.5, 0.6) is 0 Å². The standard InChI is InChI=1S/C15H19NO4/c1-4-12(13(16-3)15(18)19-5-2)20-14(17)11-9-7-6-8-10-11/h4,6-10,12-13,16H,1,5H2,2-3H3/t12-,13-/m1/s1. The van der Waals surface area contributed by atoms with Crippen molar-refractivity contribution in [2.45, 2.75) is 19.1 Å². The Kier molecular flexibility index (Phi) is 6.46. The van der Waals surface area contributed by atoms with Crippen LogP contribution in [0.2, 0.25) is 0 Å². The highest BCUT2D eigenvalue weighted by atomic mass is 16.6. The van der Waals surface area contributed by atoms with Gasteiger partial charge in [0.05, 0.1) is 12.2 Å². The van der Waals surface area contributed by atoms with Crippen molar-refractivity contribution in [2.75, 3.05) is 13.7 Å². The summed E-state index contributed by atoms with van der Waals surface area (Å²) in [6, 6.07) is 7.78. The smallest absolute Gasteiger partial charge is 0.338 e. The van der Waals surface area contributed by atoms with Crippen molar-refractivity contribution in [3.8, 4) is 0 Å². The average Bonchev–Trinajstić information content (AvgIpc) is 2.48. The Bertz CT molecular complexity index is 458. The van der Waals surface area contributed by atoms with E-state index in [2.05, 4.69) is 11.9 Å². The van der Waals surface area contributed by atoms with Crippen LogP contribution in [0.3, 0.4) is 0 Å². The third-order valence-electron chi connectivity index (χ3n) is 2.66. The maximum Gasteiger partial charge on any atom is 0.338 e. The molecule has 0 saturated heterocycles. The third-order valence-corrected chi connectivity index (χ3v) is 2.66. The highest BCUT2D eigenvalue weighted by Gasteiger charge is 2.29. The van der Waals surface area contributed by atoms with Gasteiger partial charge >= 0.3 is 11.9 Å². The maximum absolute atomic E-state index is 12.0. The minimum absolute atomic E-state index is 0.257. The monoisotopic (exact) mass is 277 g/mol. The van der Waals surface area contributed by atoms with Crippen LogP contribution in [0.4, 0.5) is 0 Å². The number of carbonyl (C=O) groups is 2. The maximum atomic E-state index is 12.0. The van der Waals surface area contributed by atoms with Gasteiger partial charge in [0.1, 0.15) is 12.1 Å². The van der Waals surface area contributed by atoms with E-state index < -0.39 is 24.1 Å². The van der Waals surface area contributed by atoms with E-state index >= 15 is 0 Å². The molecule has 108 valence electrons. The summed E-state index contributed by atoms with van der Waals surface area (Å²) < 4.78 is 10.2. The van der Waals surface area contributed by atoms with E-state index in [-0.39, 0.29) is 6.61 Å². The molecule has 5 heteroatoms. The second kappa shape index (κ2) is 8.12. The third kappa shape index (κ3) is 4.20. The lowest BCUT2D eigenvalue weighted by atomic mass is 10.1. The average molecular weight is 277 g/mol. The van der Waals surface area contributed by atoms with Crippen molar-refractivity contribution in [3.63, 3.8) is 0 Å². The molecular weight excluding hydrogens is 258 g/mol. The van der Waals surface area contributed by atoms with Gasteiger partial charge in [-0.05, 0) is 32.2 Å². The van der Waals surface area contributed by atoms with Gasteiger partial charge in [-0.25, -0.2) is 4.79 Å². The Balaban J connectivity index is 2.77. The van der Waals surface area contributed by atoms with Gasteiger partial charge in [0, 0.05) is 0 Å². The molecule has 1 rings (SSSR count). The number of likely N-dealkylation sites (N-methyl/N-ethyl adjacent to an activating group) is 1. The van der Waals surface area contributed by atoms with Gasteiger partial charge in [0.15, 0.2) is 0 Å². The Morgan fingerprint density at radius 1 is 1.35 bits per heavy atom. The molecule has 0 aliphatic rings. The van der Waals surface area contributed by atoms with Crippen LogP contribution >= 0.6 is 0 Å². The van der Waals surface area contributed by atoms with Crippen LogP contribution in [0.15, 0.2) is 43.0 Å².